The van der Waals surface area contributed by atoms with Gasteiger partial charge >= 0.3 is 0 Å². The number of carbonyl (C=O) groups excluding carboxylic acids is 1. The molecule has 6 nitrogen and oxygen atoms in total. The zero-order chi connectivity index (χ0) is 18.8. The molecule has 1 heterocycles. The first-order chi connectivity index (χ1) is 12.3. The highest BCUT2D eigenvalue weighted by atomic mass is 16.5. The minimum Gasteiger partial charge on any atom is -0.508 e. The smallest absolute Gasteiger partial charge is 0.174 e. The summed E-state index contributed by atoms with van der Waals surface area (Å²) in [6.07, 6.45) is 1.28. The Kier molecular flexibility index (Phi) is 4.75. The van der Waals surface area contributed by atoms with Crippen molar-refractivity contribution in [2.24, 2.45) is 0 Å². The van der Waals surface area contributed by atoms with Gasteiger partial charge in [-0.2, -0.15) is 0 Å². The number of aromatic hydroxyl groups is 3. The van der Waals surface area contributed by atoms with Crippen LogP contribution in [0, 0.1) is 0 Å². The summed E-state index contributed by atoms with van der Waals surface area (Å²) in [6.45, 7) is 4.26. The predicted octanol–water partition coefficient (Wildman–Crippen LogP) is 3.85. The average molecular weight is 356 g/mol. The molecule has 0 spiro atoms. The van der Waals surface area contributed by atoms with Crippen molar-refractivity contribution in [3.05, 3.63) is 53.1 Å². The maximum Gasteiger partial charge on any atom is 0.174 e. The molecule has 3 rings (SSSR count). The molecule has 0 bridgehead atoms. The second kappa shape index (κ2) is 7.00. The number of allylic oxidation sites excluding steroid dienone is 1. The fraction of sp³-hybridized carbons (Fsp3) is 0.250. The highest BCUT2D eigenvalue weighted by Gasteiger charge is 2.31. The third-order valence-electron chi connectivity index (χ3n) is 4.07. The van der Waals surface area contributed by atoms with E-state index < -0.39 is 6.10 Å². The number of carbonyl (C=O) groups is 1. The van der Waals surface area contributed by atoms with E-state index in [4.69, 9.17) is 9.47 Å². The largest absolute Gasteiger partial charge is 0.508 e. The van der Waals surface area contributed by atoms with E-state index in [1.165, 1.54) is 12.1 Å². The third-order valence-corrected chi connectivity index (χ3v) is 4.07. The Labute approximate surface area is 150 Å². The zero-order valence-electron chi connectivity index (χ0n) is 14.5. The third kappa shape index (κ3) is 3.59. The van der Waals surface area contributed by atoms with Gasteiger partial charge in [-0.3, -0.25) is 4.79 Å². The normalized spacial score (nSPS) is 15.8. The Morgan fingerprint density at radius 3 is 2.65 bits per heavy atom. The van der Waals surface area contributed by atoms with Crippen molar-refractivity contribution in [2.75, 3.05) is 6.61 Å². The van der Waals surface area contributed by atoms with Gasteiger partial charge in [0.1, 0.15) is 35.5 Å². The first-order valence-electron chi connectivity index (χ1n) is 8.20. The highest BCUT2D eigenvalue weighted by Crippen LogP contribution is 2.42. The zero-order valence-corrected chi connectivity index (χ0v) is 14.5. The van der Waals surface area contributed by atoms with Crippen LogP contribution in [0.4, 0.5) is 0 Å². The molecule has 2 aromatic carbocycles. The molecule has 26 heavy (non-hydrogen) atoms. The van der Waals surface area contributed by atoms with Crippen LogP contribution in [0.25, 0.3) is 0 Å². The Hall–Kier alpha value is -3.15. The molecule has 0 amide bonds. The quantitative estimate of drug-likeness (QED) is 0.720. The Morgan fingerprint density at radius 2 is 1.96 bits per heavy atom. The van der Waals surface area contributed by atoms with Crippen molar-refractivity contribution in [1.82, 2.24) is 0 Å². The fourth-order valence-electron chi connectivity index (χ4n) is 2.77. The first-order valence-corrected chi connectivity index (χ1v) is 8.20. The number of phenolic OH excluding ortho intramolecular Hbond substituents is 3. The van der Waals surface area contributed by atoms with E-state index in [2.05, 4.69) is 0 Å². The van der Waals surface area contributed by atoms with Crippen molar-refractivity contribution in [3.8, 4) is 28.7 Å². The first kappa shape index (κ1) is 17.7. The summed E-state index contributed by atoms with van der Waals surface area (Å²) in [5.41, 5.74) is 1.77. The van der Waals surface area contributed by atoms with Crippen molar-refractivity contribution in [1.29, 1.82) is 0 Å². The lowest BCUT2D eigenvalue weighted by Crippen LogP contribution is -2.20. The van der Waals surface area contributed by atoms with E-state index in [0.29, 0.717) is 17.9 Å². The summed E-state index contributed by atoms with van der Waals surface area (Å²) in [4.78, 5) is 12.3. The molecule has 1 aliphatic rings. The number of Topliss-reactive ketones (excluding diaryl/α,β-unsaturated/α-hetero) is 1. The van der Waals surface area contributed by atoms with Crippen LogP contribution in [0.3, 0.4) is 0 Å². The molecular weight excluding hydrogens is 336 g/mol. The van der Waals surface area contributed by atoms with Crippen LogP contribution in [-0.2, 0) is 0 Å². The van der Waals surface area contributed by atoms with Gasteiger partial charge in [0.05, 0.1) is 6.42 Å². The van der Waals surface area contributed by atoms with E-state index in [1.54, 1.807) is 12.1 Å². The monoisotopic (exact) mass is 356 g/mol. The van der Waals surface area contributed by atoms with E-state index in [-0.39, 0.29) is 40.8 Å². The van der Waals surface area contributed by atoms with Crippen molar-refractivity contribution in [2.45, 2.75) is 26.4 Å². The summed E-state index contributed by atoms with van der Waals surface area (Å²) in [7, 11) is 0. The van der Waals surface area contributed by atoms with E-state index in [1.807, 2.05) is 19.9 Å². The van der Waals surface area contributed by atoms with E-state index in [9.17, 15) is 20.1 Å². The molecule has 2 aromatic rings. The number of benzene rings is 2. The second-order valence-corrected chi connectivity index (χ2v) is 6.39. The lowest BCUT2D eigenvalue weighted by molar-refractivity contribution is 0.0844. The maximum atomic E-state index is 12.3. The molecule has 0 aliphatic carbocycles. The summed E-state index contributed by atoms with van der Waals surface area (Å²) in [6, 6.07) is 7.21. The van der Waals surface area contributed by atoms with Crippen LogP contribution in [0.15, 0.2) is 42.0 Å². The number of ketones is 1. The van der Waals surface area contributed by atoms with Gasteiger partial charge in [0.2, 0.25) is 0 Å². The number of hydrogen-bond acceptors (Lipinski definition) is 6. The molecular formula is C20H20O6. The van der Waals surface area contributed by atoms with E-state index in [0.717, 1.165) is 11.6 Å². The number of fused-ring (bicyclic) bond motifs is 1. The van der Waals surface area contributed by atoms with Crippen LogP contribution in [0.1, 0.15) is 42.3 Å². The Balaban J connectivity index is 1.83. The molecule has 0 aromatic heterocycles. The number of hydrogen-bond donors (Lipinski definition) is 3. The minimum absolute atomic E-state index is 0.0166. The number of rotatable bonds is 4. The summed E-state index contributed by atoms with van der Waals surface area (Å²) in [5.74, 6) is -0.395. The molecule has 0 saturated carbocycles. The van der Waals surface area contributed by atoms with Gasteiger partial charge in [-0.25, -0.2) is 0 Å². The standard InChI is InChI=1S/C20H20O6/c1-11(2)5-6-25-17-4-3-12(7-14(17)22)18-10-16(24)20-15(23)8-13(21)9-19(20)26-18/h3-5,7-9,18,21-23H,6,10H2,1-2H3. The van der Waals surface area contributed by atoms with Crippen LogP contribution in [0.2, 0.25) is 0 Å². The molecule has 0 fully saturated rings. The molecule has 1 atom stereocenters. The molecule has 1 unspecified atom stereocenters. The lowest BCUT2D eigenvalue weighted by Gasteiger charge is -2.26. The molecule has 0 radical (unpaired) electrons. The molecule has 1 aliphatic heterocycles. The predicted molar refractivity (Wildman–Crippen MR) is 95.1 cm³/mol. The maximum absolute atomic E-state index is 12.3. The average Bonchev–Trinajstić information content (AvgIpc) is 2.54. The topological polar surface area (TPSA) is 96.2 Å². The Bertz CT molecular complexity index is 880. The van der Waals surface area contributed by atoms with Crippen LogP contribution >= 0.6 is 0 Å². The molecule has 0 saturated heterocycles. The van der Waals surface area contributed by atoms with Crippen LogP contribution in [-0.4, -0.2) is 27.7 Å². The number of ether oxygens (including phenoxy) is 2. The SMILES string of the molecule is CC(C)=CCOc1ccc(C2CC(=O)c3c(O)cc(O)cc3O2)cc1O. The molecule has 6 heteroatoms. The van der Waals surface area contributed by atoms with Gasteiger partial charge in [-0.05, 0) is 37.6 Å². The van der Waals surface area contributed by atoms with Gasteiger partial charge in [0, 0.05) is 12.1 Å². The molecule has 3 N–H and O–H groups in total. The second-order valence-electron chi connectivity index (χ2n) is 6.39. The number of phenols is 3. The van der Waals surface area contributed by atoms with Gasteiger partial charge < -0.3 is 24.8 Å². The van der Waals surface area contributed by atoms with Crippen molar-refractivity contribution in [3.63, 3.8) is 0 Å². The lowest BCUT2D eigenvalue weighted by atomic mass is 9.95. The summed E-state index contributed by atoms with van der Waals surface area (Å²) in [5, 5.41) is 29.6. The van der Waals surface area contributed by atoms with Gasteiger partial charge in [-0.15, -0.1) is 0 Å². The van der Waals surface area contributed by atoms with Gasteiger partial charge in [0.25, 0.3) is 0 Å². The van der Waals surface area contributed by atoms with E-state index >= 15 is 0 Å². The molecule has 136 valence electrons. The van der Waals surface area contributed by atoms with Gasteiger partial charge in [-0.1, -0.05) is 11.6 Å². The fourth-order valence-corrected chi connectivity index (χ4v) is 2.77. The highest BCUT2D eigenvalue weighted by molar-refractivity contribution is 6.02. The van der Waals surface area contributed by atoms with Crippen molar-refractivity contribution >= 4 is 5.78 Å². The Morgan fingerprint density at radius 1 is 1.19 bits per heavy atom. The van der Waals surface area contributed by atoms with Gasteiger partial charge in [0.15, 0.2) is 17.3 Å². The van der Waals surface area contributed by atoms with Crippen molar-refractivity contribution < 1.29 is 29.6 Å². The summed E-state index contributed by atoms with van der Waals surface area (Å²) >= 11 is 0. The van der Waals surface area contributed by atoms with Crippen LogP contribution < -0.4 is 9.47 Å². The van der Waals surface area contributed by atoms with Crippen LogP contribution in [0.5, 0.6) is 28.7 Å². The summed E-state index contributed by atoms with van der Waals surface area (Å²) < 4.78 is 11.3. The minimum atomic E-state index is -0.631.